The largest absolute Gasteiger partial charge is 0.527 e. The lowest BCUT2D eigenvalue weighted by molar-refractivity contribution is -0.389. The van der Waals surface area contributed by atoms with Crippen molar-refractivity contribution < 1.29 is 24.6 Å². The molecule has 96 valence electrons. The van der Waals surface area contributed by atoms with E-state index < -0.39 is 6.16 Å². The van der Waals surface area contributed by atoms with Crippen molar-refractivity contribution in [2.75, 3.05) is 6.61 Å². The minimum atomic E-state index is -1.47. The topological polar surface area (TPSA) is 77.0 Å². The second kappa shape index (κ2) is 12.2. The van der Waals surface area contributed by atoms with E-state index in [-0.39, 0.29) is 0 Å². The Bertz CT molecular complexity index is 165. The van der Waals surface area contributed by atoms with Gasteiger partial charge in [0.25, 0.3) is 0 Å². The van der Waals surface area contributed by atoms with Gasteiger partial charge in [-0.1, -0.05) is 45.4 Å². The molecule has 0 bridgehead atoms. The lowest BCUT2D eigenvalue weighted by Crippen LogP contribution is -2.19. The summed E-state index contributed by atoms with van der Waals surface area (Å²) in [4.78, 5) is 22.5. The summed E-state index contributed by atoms with van der Waals surface area (Å²) in [5.41, 5.74) is 1.68. The van der Waals surface area contributed by atoms with Crippen LogP contribution in [0.25, 0.3) is 0 Å². The molecule has 2 N–H and O–H groups in total. The van der Waals surface area contributed by atoms with Crippen molar-refractivity contribution in [2.24, 2.45) is 0 Å². The maximum atomic E-state index is 9.84. The first kappa shape index (κ1) is 15.2. The van der Waals surface area contributed by atoms with Crippen molar-refractivity contribution >= 4 is 6.16 Å². The minimum absolute atomic E-state index is 0.420. The third-order valence-electron chi connectivity index (χ3n) is 2.05. The van der Waals surface area contributed by atoms with E-state index in [1.54, 1.807) is 5.64 Å². The SMILES string of the molecule is CCCCCCCCCOONOC(=O)O. The van der Waals surface area contributed by atoms with E-state index in [0.717, 1.165) is 12.8 Å². The Morgan fingerprint density at radius 2 is 1.75 bits per heavy atom. The fraction of sp³-hybridized carbons (Fsp3) is 0.900. The molecule has 16 heavy (non-hydrogen) atoms. The average molecular weight is 235 g/mol. The standard InChI is InChI=1S/C10H21NO5/c1-2-3-4-5-6-7-8-9-14-16-11-15-10(12)13/h11H,2-9H2,1H3,(H,12,13). The Morgan fingerprint density at radius 1 is 1.12 bits per heavy atom. The van der Waals surface area contributed by atoms with E-state index >= 15 is 0 Å². The zero-order valence-electron chi connectivity index (χ0n) is 9.74. The van der Waals surface area contributed by atoms with Gasteiger partial charge >= 0.3 is 6.16 Å². The normalized spacial score (nSPS) is 10.3. The summed E-state index contributed by atoms with van der Waals surface area (Å²) in [7, 11) is 0. The van der Waals surface area contributed by atoms with Crippen molar-refractivity contribution in [3.63, 3.8) is 0 Å². The first-order valence-corrected chi connectivity index (χ1v) is 5.70. The number of hydrogen-bond acceptors (Lipinski definition) is 5. The Kier molecular flexibility index (Phi) is 11.6. The zero-order valence-corrected chi connectivity index (χ0v) is 9.74. The number of nitrogens with one attached hydrogen (secondary N) is 1. The molecule has 0 radical (unpaired) electrons. The first-order valence-electron chi connectivity index (χ1n) is 5.70. The number of rotatable bonds is 11. The summed E-state index contributed by atoms with van der Waals surface area (Å²) in [6, 6.07) is 0. The summed E-state index contributed by atoms with van der Waals surface area (Å²) < 4.78 is 0. The van der Waals surface area contributed by atoms with E-state index in [4.69, 9.17) is 5.11 Å². The highest BCUT2D eigenvalue weighted by atomic mass is 17.3. The quantitative estimate of drug-likeness (QED) is 0.326. The molecule has 0 aliphatic carbocycles. The number of hydrogen-bond donors (Lipinski definition) is 2. The highest BCUT2D eigenvalue weighted by molar-refractivity contribution is 5.56. The zero-order chi connectivity index (χ0) is 12.1. The molecule has 0 aliphatic rings. The molecular weight excluding hydrogens is 214 g/mol. The smallest absolute Gasteiger partial charge is 0.448 e. The molecule has 0 aromatic rings. The lowest BCUT2D eigenvalue weighted by Gasteiger charge is -2.03. The maximum Gasteiger partial charge on any atom is 0.527 e. The molecule has 0 unspecified atom stereocenters. The summed E-state index contributed by atoms with van der Waals surface area (Å²) in [5, 5.41) is 8.04. The predicted molar refractivity (Wildman–Crippen MR) is 57.3 cm³/mol. The van der Waals surface area contributed by atoms with E-state index in [0.29, 0.717) is 6.61 Å². The fourth-order valence-electron chi connectivity index (χ4n) is 1.24. The van der Waals surface area contributed by atoms with Crippen molar-refractivity contribution in [1.82, 2.24) is 5.64 Å². The second-order valence-corrected chi connectivity index (χ2v) is 3.48. The van der Waals surface area contributed by atoms with Gasteiger partial charge in [0, 0.05) is 5.64 Å². The molecule has 0 aromatic heterocycles. The van der Waals surface area contributed by atoms with Crippen molar-refractivity contribution in [1.29, 1.82) is 0 Å². The van der Waals surface area contributed by atoms with Gasteiger partial charge in [-0.2, -0.15) is 0 Å². The summed E-state index contributed by atoms with van der Waals surface area (Å²) in [6.07, 6.45) is 6.81. The average Bonchev–Trinajstić information content (AvgIpc) is 2.25. The molecule has 0 saturated carbocycles. The maximum absolute atomic E-state index is 9.84. The van der Waals surface area contributed by atoms with Crippen LogP contribution in [0.15, 0.2) is 0 Å². The van der Waals surface area contributed by atoms with Gasteiger partial charge in [-0.3, -0.25) is 0 Å². The van der Waals surface area contributed by atoms with Gasteiger partial charge < -0.3 is 9.94 Å². The Balaban J connectivity index is 2.90. The molecule has 0 atom stereocenters. The van der Waals surface area contributed by atoms with Crippen LogP contribution in [0, 0.1) is 0 Å². The minimum Gasteiger partial charge on any atom is -0.448 e. The third kappa shape index (κ3) is 13.2. The number of carbonyl (C=O) groups is 1. The van der Waals surface area contributed by atoms with Crippen LogP contribution >= 0.6 is 0 Å². The summed E-state index contributed by atoms with van der Waals surface area (Å²) in [6.45, 7) is 2.61. The van der Waals surface area contributed by atoms with Gasteiger partial charge in [0.15, 0.2) is 0 Å². The summed E-state index contributed by atoms with van der Waals surface area (Å²) in [5.74, 6) is 0. The fourth-order valence-corrected chi connectivity index (χ4v) is 1.24. The Morgan fingerprint density at radius 3 is 2.38 bits per heavy atom. The van der Waals surface area contributed by atoms with Gasteiger partial charge in [0.05, 0.1) is 6.61 Å². The van der Waals surface area contributed by atoms with Crippen molar-refractivity contribution in [2.45, 2.75) is 51.9 Å². The van der Waals surface area contributed by atoms with Gasteiger partial charge in [0.2, 0.25) is 0 Å². The number of carboxylic acid groups (broad SMARTS) is 1. The molecule has 6 heteroatoms. The third-order valence-corrected chi connectivity index (χ3v) is 2.05. The lowest BCUT2D eigenvalue weighted by atomic mass is 10.1. The molecule has 0 spiro atoms. The highest BCUT2D eigenvalue weighted by Gasteiger charge is 1.95. The van der Waals surface area contributed by atoms with E-state index in [2.05, 4.69) is 21.6 Å². The Hall–Kier alpha value is -0.850. The van der Waals surface area contributed by atoms with Crippen LogP contribution in [-0.2, 0) is 14.7 Å². The summed E-state index contributed by atoms with van der Waals surface area (Å²) >= 11 is 0. The first-order chi connectivity index (χ1) is 7.77. The molecule has 0 aromatic carbocycles. The predicted octanol–water partition coefficient (Wildman–Crippen LogP) is 2.80. The van der Waals surface area contributed by atoms with Crippen LogP contribution in [0.3, 0.4) is 0 Å². The van der Waals surface area contributed by atoms with Crippen LogP contribution in [0.4, 0.5) is 4.79 Å². The van der Waals surface area contributed by atoms with Crippen LogP contribution in [0.2, 0.25) is 0 Å². The molecule has 0 saturated heterocycles. The Labute approximate surface area is 95.7 Å². The van der Waals surface area contributed by atoms with E-state index in [9.17, 15) is 4.79 Å². The van der Waals surface area contributed by atoms with Crippen LogP contribution < -0.4 is 5.64 Å². The molecule has 0 fully saturated rings. The van der Waals surface area contributed by atoms with Gasteiger partial charge in [0.1, 0.15) is 0 Å². The number of unbranched alkanes of at least 4 members (excludes halogenated alkanes) is 6. The van der Waals surface area contributed by atoms with E-state index in [1.807, 2.05) is 0 Å². The molecule has 0 rings (SSSR count). The van der Waals surface area contributed by atoms with E-state index in [1.165, 1.54) is 32.1 Å². The van der Waals surface area contributed by atoms with Crippen molar-refractivity contribution in [3.05, 3.63) is 0 Å². The van der Waals surface area contributed by atoms with Gasteiger partial charge in [-0.25, -0.2) is 9.68 Å². The molecule has 6 nitrogen and oxygen atoms in total. The van der Waals surface area contributed by atoms with Gasteiger partial charge in [-0.15, -0.1) is 4.99 Å². The van der Waals surface area contributed by atoms with Gasteiger partial charge in [-0.05, 0) is 6.42 Å². The molecule has 0 aliphatic heterocycles. The second-order valence-electron chi connectivity index (χ2n) is 3.48. The van der Waals surface area contributed by atoms with Crippen molar-refractivity contribution in [3.8, 4) is 0 Å². The van der Waals surface area contributed by atoms with Crippen LogP contribution in [-0.4, -0.2) is 17.9 Å². The molecule has 0 heterocycles. The highest BCUT2D eigenvalue weighted by Crippen LogP contribution is 2.06. The molecule has 0 amide bonds. The van der Waals surface area contributed by atoms with Crippen LogP contribution in [0.5, 0.6) is 0 Å². The van der Waals surface area contributed by atoms with Crippen LogP contribution in [0.1, 0.15) is 51.9 Å². The monoisotopic (exact) mass is 235 g/mol. The molecular formula is C10H21NO5.